The number of ether oxygens (including phenoxy) is 1. The van der Waals surface area contributed by atoms with Crippen LogP contribution in [0.5, 0.6) is 0 Å². The smallest absolute Gasteiger partial charge is 0.0637 e. The lowest BCUT2D eigenvalue weighted by Gasteiger charge is -2.29. The predicted molar refractivity (Wildman–Crippen MR) is 90.8 cm³/mol. The molecule has 2 aromatic carbocycles. The number of rotatable bonds is 7. The maximum atomic E-state index is 5.60. The van der Waals surface area contributed by atoms with Gasteiger partial charge in [-0.15, -0.1) is 0 Å². The van der Waals surface area contributed by atoms with Crippen LogP contribution in [0.3, 0.4) is 0 Å². The van der Waals surface area contributed by atoms with Crippen LogP contribution in [-0.4, -0.2) is 25.3 Å². The van der Waals surface area contributed by atoms with Crippen molar-refractivity contribution in [3.63, 3.8) is 0 Å². The van der Waals surface area contributed by atoms with E-state index in [4.69, 9.17) is 4.74 Å². The lowest BCUT2D eigenvalue weighted by molar-refractivity contribution is 0.00729. The summed E-state index contributed by atoms with van der Waals surface area (Å²) in [6.45, 7) is 7.45. The zero-order valence-electron chi connectivity index (χ0n) is 13.6. The van der Waals surface area contributed by atoms with Crippen molar-refractivity contribution in [3.8, 4) is 0 Å². The molecular weight excluding hydrogens is 258 g/mol. The van der Waals surface area contributed by atoms with Gasteiger partial charge in [-0.2, -0.15) is 0 Å². The van der Waals surface area contributed by atoms with Gasteiger partial charge in [0.2, 0.25) is 0 Å². The van der Waals surface area contributed by atoms with Gasteiger partial charge in [-0.3, -0.25) is 0 Å². The van der Waals surface area contributed by atoms with Gasteiger partial charge in [0.1, 0.15) is 0 Å². The molecule has 0 aliphatic heterocycles. The van der Waals surface area contributed by atoms with E-state index in [1.807, 2.05) is 0 Å². The Morgan fingerprint density at radius 1 is 1.10 bits per heavy atom. The highest BCUT2D eigenvalue weighted by Crippen LogP contribution is 2.23. The fourth-order valence-corrected chi connectivity index (χ4v) is 2.92. The normalized spacial score (nSPS) is 13.5. The molecule has 21 heavy (non-hydrogen) atoms. The Bertz CT molecular complexity index is 571. The van der Waals surface area contributed by atoms with Crippen LogP contribution in [-0.2, 0) is 11.2 Å². The van der Waals surface area contributed by atoms with E-state index in [0.29, 0.717) is 6.04 Å². The third-order valence-corrected chi connectivity index (χ3v) is 4.13. The SMILES string of the molecule is CCNC(Cc1cccc2ccccc12)CC(C)(C)OC. The summed E-state index contributed by atoms with van der Waals surface area (Å²) in [4.78, 5) is 0. The number of methoxy groups -OCH3 is 1. The molecule has 2 heteroatoms. The molecule has 1 atom stereocenters. The molecule has 2 rings (SSSR count). The quantitative estimate of drug-likeness (QED) is 0.824. The third kappa shape index (κ3) is 4.29. The molecular formula is C19H27NO. The zero-order valence-corrected chi connectivity index (χ0v) is 13.6. The lowest BCUT2D eigenvalue weighted by Crippen LogP contribution is -2.39. The number of benzene rings is 2. The molecule has 0 aromatic heterocycles. The fraction of sp³-hybridized carbons (Fsp3) is 0.474. The highest BCUT2D eigenvalue weighted by molar-refractivity contribution is 5.85. The summed E-state index contributed by atoms with van der Waals surface area (Å²) in [5.41, 5.74) is 1.31. The largest absolute Gasteiger partial charge is 0.379 e. The molecule has 1 unspecified atom stereocenters. The van der Waals surface area contributed by atoms with Gasteiger partial charge in [0.05, 0.1) is 5.60 Å². The first-order chi connectivity index (χ1) is 10.1. The van der Waals surface area contributed by atoms with Crippen molar-refractivity contribution in [2.75, 3.05) is 13.7 Å². The lowest BCUT2D eigenvalue weighted by atomic mass is 9.92. The summed E-state index contributed by atoms with van der Waals surface area (Å²) in [7, 11) is 1.79. The molecule has 0 amide bonds. The maximum Gasteiger partial charge on any atom is 0.0637 e. The minimum absolute atomic E-state index is 0.0998. The van der Waals surface area contributed by atoms with E-state index < -0.39 is 0 Å². The standard InChI is InChI=1S/C19H27NO/c1-5-20-17(14-19(2,3)21-4)13-16-11-8-10-15-9-6-7-12-18(15)16/h6-12,17,20H,5,13-14H2,1-4H3. The van der Waals surface area contributed by atoms with E-state index in [2.05, 4.69) is 68.6 Å². The van der Waals surface area contributed by atoms with Crippen LogP contribution < -0.4 is 5.32 Å². The molecule has 0 heterocycles. The predicted octanol–water partition coefficient (Wildman–Crippen LogP) is 4.18. The van der Waals surface area contributed by atoms with Gasteiger partial charge in [0, 0.05) is 13.2 Å². The number of nitrogens with one attached hydrogen (secondary N) is 1. The molecule has 1 N–H and O–H groups in total. The van der Waals surface area contributed by atoms with Crippen molar-refractivity contribution < 1.29 is 4.74 Å². The van der Waals surface area contributed by atoms with Gasteiger partial charge >= 0.3 is 0 Å². The Kier molecular flexibility index (Phi) is 5.38. The monoisotopic (exact) mass is 285 g/mol. The summed E-state index contributed by atoms with van der Waals surface area (Å²) >= 11 is 0. The minimum atomic E-state index is -0.0998. The van der Waals surface area contributed by atoms with Crippen LogP contribution in [0.4, 0.5) is 0 Å². The summed E-state index contributed by atoms with van der Waals surface area (Å²) in [5.74, 6) is 0. The minimum Gasteiger partial charge on any atom is -0.379 e. The van der Waals surface area contributed by atoms with Crippen LogP contribution in [0, 0.1) is 0 Å². The van der Waals surface area contributed by atoms with Crippen molar-refractivity contribution in [2.24, 2.45) is 0 Å². The molecule has 0 bridgehead atoms. The van der Waals surface area contributed by atoms with E-state index in [9.17, 15) is 0 Å². The number of hydrogen-bond acceptors (Lipinski definition) is 2. The maximum absolute atomic E-state index is 5.60. The Morgan fingerprint density at radius 3 is 2.52 bits per heavy atom. The average Bonchev–Trinajstić information content (AvgIpc) is 2.47. The van der Waals surface area contributed by atoms with Gasteiger partial charge in [0.25, 0.3) is 0 Å². The molecule has 0 saturated carbocycles. The van der Waals surface area contributed by atoms with Crippen LogP contribution >= 0.6 is 0 Å². The first kappa shape index (κ1) is 16.0. The van der Waals surface area contributed by atoms with Gasteiger partial charge in [0.15, 0.2) is 0 Å². The first-order valence-corrected chi connectivity index (χ1v) is 7.81. The number of fused-ring (bicyclic) bond motifs is 1. The van der Waals surface area contributed by atoms with E-state index >= 15 is 0 Å². The van der Waals surface area contributed by atoms with Gasteiger partial charge in [-0.1, -0.05) is 49.4 Å². The van der Waals surface area contributed by atoms with Crippen molar-refractivity contribution in [2.45, 2.75) is 45.3 Å². The topological polar surface area (TPSA) is 21.3 Å². The molecule has 2 aromatic rings. The first-order valence-electron chi connectivity index (χ1n) is 7.81. The number of hydrogen-bond donors (Lipinski definition) is 1. The van der Waals surface area contributed by atoms with Gasteiger partial charge in [-0.25, -0.2) is 0 Å². The van der Waals surface area contributed by atoms with E-state index in [0.717, 1.165) is 19.4 Å². The molecule has 0 spiro atoms. The van der Waals surface area contributed by atoms with Crippen LogP contribution in [0.15, 0.2) is 42.5 Å². The fourth-order valence-electron chi connectivity index (χ4n) is 2.92. The van der Waals surface area contributed by atoms with E-state index in [-0.39, 0.29) is 5.60 Å². The molecule has 0 aliphatic rings. The Morgan fingerprint density at radius 2 is 1.81 bits per heavy atom. The van der Waals surface area contributed by atoms with Gasteiger partial charge in [-0.05, 0) is 49.6 Å². The molecule has 0 fully saturated rings. The zero-order chi connectivity index (χ0) is 15.3. The molecule has 0 radical (unpaired) electrons. The molecule has 0 aliphatic carbocycles. The summed E-state index contributed by atoms with van der Waals surface area (Å²) < 4.78 is 5.60. The second kappa shape index (κ2) is 7.06. The van der Waals surface area contributed by atoms with E-state index in [1.54, 1.807) is 7.11 Å². The van der Waals surface area contributed by atoms with Crippen LogP contribution in [0.25, 0.3) is 10.8 Å². The second-order valence-electron chi connectivity index (χ2n) is 6.26. The average molecular weight is 285 g/mol. The van der Waals surface area contributed by atoms with Crippen molar-refractivity contribution >= 4 is 10.8 Å². The summed E-state index contributed by atoms with van der Waals surface area (Å²) in [6, 6.07) is 15.6. The third-order valence-electron chi connectivity index (χ3n) is 4.13. The van der Waals surface area contributed by atoms with Crippen LogP contribution in [0.2, 0.25) is 0 Å². The Hall–Kier alpha value is -1.38. The van der Waals surface area contributed by atoms with Gasteiger partial charge < -0.3 is 10.1 Å². The second-order valence-corrected chi connectivity index (χ2v) is 6.26. The van der Waals surface area contributed by atoms with Crippen molar-refractivity contribution in [3.05, 3.63) is 48.0 Å². The Labute approximate surface area is 128 Å². The Balaban J connectivity index is 2.22. The highest BCUT2D eigenvalue weighted by atomic mass is 16.5. The van der Waals surface area contributed by atoms with Crippen LogP contribution in [0.1, 0.15) is 32.8 Å². The summed E-state index contributed by atoms with van der Waals surface area (Å²) in [5, 5.41) is 6.28. The number of likely N-dealkylation sites (N-methyl/N-ethyl adjacent to an activating group) is 1. The summed E-state index contributed by atoms with van der Waals surface area (Å²) in [6.07, 6.45) is 2.03. The highest BCUT2D eigenvalue weighted by Gasteiger charge is 2.22. The molecule has 114 valence electrons. The van der Waals surface area contributed by atoms with E-state index in [1.165, 1.54) is 16.3 Å². The molecule has 2 nitrogen and oxygen atoms in total. The molecule has 0 saturated heterocycles. The van der Waals surface area contributed by atoms with Crippen molar-refractivity contribution in [1.82, 2.24) is 5.32 Å². The van der Waals surface area contributed by atoms with Crippen molar-refractivity contribution in [1.29, 1.82) is 0 Å².